The summed E-state index contributed by atoms with van der Waals surface area (Å²) in [5.41, 5.74) is 2.88. The van der Waals surface area contributed by atoms with Gasteiger partial charge in [0.15, 0.2) is 5.76 Å². The summed E-state index contributed by atoms with van der Waals surface area (Å²) in [6, 6.07) is 25.3. The Morgan fingerprint density at radius 2 is 1.61 bits per heavy atom. The van der Waals surface area contributed by atoms with Crippen molar-refractivity contribution in [2.24, 2.45) is 0 Å². The van der Waals surface area contributed by atoms with Crippen molar-refractivity contribution in [2.45, 2.75) is 6.92 Å². The molecule has 1 aliphatic heterocycles. The predicted octanol–water partition coefficient (Wildman–Crippen LogP) is 7.01. The molecule has 4 aromatic rings. The van der Waals surface area contributed by atoms with E-state index in [-0.39, 0.29) is 17.3 Å². The van der Waals surface area contributed by atoms with Gasteiger partial charge in [0.25, 0.3) is 0 Å². The number of ether oxygens (including phenoxy) is 2. The second kappa shape index (κ2) is 8.76. The number of ketones is 1. The lowest BCUT2D eigenvalue weighted by Crippen LogP contribution is -2.29. The number of amides is 1. The molecule has 162 valence electrons. The van der Waals surface area contributed by atoms with Gasteiger partial charge in [0.2, 0.25) is 5.78 Å². The van der Waals surface area contributed by atoms with E-state index in [1.165, 1.54) is 4.90 Å². The summed E-state index contributed by atoms with van der Waals surface area (Å²) in [4.78, 5) is 28.4. The van der Waals surface area contributed by atoms with Crippen molar-refractivity contribution in [2.75, 3.05) is 4.90 Å². The average Bonchev–Trinajstić information content (AvgIpc) is 3.38. The van der Waals surface area contributed by atoms with Crippen LogP contribution in [-0.4, -0.2) is 11.9 Å². The molecular weight excluding hydrogens is 434 g/mol. The third-order valence-electron chi connectivity index (χ3n) is 5.22. The zero-order chi connectivity index (χ0) is 22.8. The van der Waals surface area contributed by atoms with Gasteiger partial charge in [0.05, 0.1) is 16.9 Å². The number of para-hydroxylation sites is 2. The van der Waals surface area contributed by atoms with Gasteiger partial charge in [-0.25, -0.2) is 9.69 Å². The van der Waals surface area contributed by atoms with Crippen molar-refractivity contribution in [3.63, 3.8) is 0 Å². The van der Waals surface area contributed by atoms with E-state index < -0.39 is 6.09 Å². The van der Waals surface area contributed by atoms with Crippen molar-refractivity contribution in [1.29, 1.82) is 0 Å². The summed E-state index contributed by atoms with van der Waals surface area (Å²) in [6.07, 6.45) is 1.18. The fraction of sp³-hybridized carbons (Fsp3) is 0.0370. The monoisotopic (exact) mass is 453 g/mol. The molecule has 1 aromatic heterocycles. The SMILES string of the molecule is Cc1ccsc1/C=C1\Oc2cc(OC(=O)N(c3ccccc3)c3ccccc3)ccc2C1=O. The van der Waals surface area contributed by atoms with Gasteiger partial charge < -0.3 is 9.47 Å². The van der Waals surface area contributed by atoms with Crippen LogP contribution in [0.2, 0.25) is 0 Å². The smallest absolute Gasteiger partial charge is 0.424 e. The van der Waals surface area contributed by atoms with Crippen LogP contribution in [-0.2, 0) is 0 Å². The second-order valence-electron chi connectivity index (χ2n) is 7.44. The molecule has 0 bridgehead atoms. The molecule has 0 radical (unpaired) electrons. The summed E-state index contributed by atoms with van der Waals surface area (Å²) < 4.78 is 11.5. The minimum atomic E-state index is -0.568. The number of aryl methyl sites for hydroxylation is 1. The van der Waals surface area contributed by atoms with E-state index >= 15 is 0 Å². The van der Waals surface area contributed by atoms with Crippen LogP contribution >= 0.6 is 11.3 Å². The van der Waals surface area contributed by atoms with Gasteiger partial charge in [0, 0.05) is 17.0 Å². The van der Waals surface area contributed by atoms with Crippen LogP contribution in [0.5, 0.6) is 11.5 Å². The molecule has 0 N–H and O–H groups in total. The molecule has 1 amide bonds. The third kappa shape index (κ3) is 4.16. The highest BCUT2D eigenvalue weighted by molar-refractivity contribution is 7.11. The number of Topliss-reactive ketones (excluding diaryl/α,β-unsaturated/α-hetero) is 1. The number of hydrogen-bond acceptors (Lipinski definition) is 5. The van der Waals surface area contributed by atoms with E-state index in [9.17, 15) is 9.59 Å². The van der Waals surface area contributed by atoms with E-state index in [0.717, 1.165) is 10.4 Å². The number of rotatable bonds is 4. The summed E-state index contributed by atoms with van der Waals surface area (Å²) in [6.45, 7) is 1.98. The second-order valence-corrected chi connectivity index (χ2v) is 8.39. The molecule has 5 nitrogen and oxygen atoms in total. The van der Waals surface area contributed by atoms with Crippen molar-refractivity contribution in [3.8, 4) is 11.5 Å². The first-order chi connectivity index (χ1) is 16.1. The van der Waals surface area contributed by atoms with E-state index in [1.54, 1.807) is 35.6 Å². The molecule has 3 aromatic carbocycles. The Labute approximate surface area is 195 Å². The molecule has 0 unspecified atom stereocenters. The number of allylic oxidation sites excluding steroid dienone is 1. The van der Waals surface area contributed by atoms with Crippen LogP contribution in [0, 0.1) is 6.92 Å². The average molecular weight is 454 g/mol. The normalized spacial score (nSPS) is 13.5. The number of carbonyl (C=O) groups is 2. The molecule has 0 aliphatic carbocycles. The van der Waals surface area contributed by atoms with E-state index in [0.29, 0.717) is 22.7 Å². The minimum absolute atomic E-state index is 0.189. The largest absolute Gasteiger partial charge is 0.452 e. The number of hydrogen-bond donors (Lipinski definition) is 0. The Balaban J connectivity index is 1.41. The maximum absolute atomic E-state index is 13.2. The predicted molar refractivity (Wildman–Crippen MR) is 129 cm³/mol. The quantitative estimate of drug-likeness (QED) is 0.312. The van der Waals surface area contributed by atoms with E-state index in [4.69, 9.17) is 9.47 Å². The Kier molecular flexibility index (Phi) is 5.50. The molecule has 33 heavy (non-hydrogen) atoms. The van der Waals surface area contributed by atoms with Gasteiger partial charge in [-0.3, -0.25) is 4.79 Å². The number of nitrogens with zero attached hydrogens (tertiary/aromatic N) is 1. The van der Waals surface area contributed by atoms with Gasteiger partial charge in [-0.15, -0.1) is 11.3 Å². The molecule has 0 atom stereocenters. The lowest BCUT2D eigenvalue weighted by molar-refractivity contribution is 0.101. The van der Waals surface area contributed by atoms with Crippen LogP contribution in [0.1, 0.15) is 20.8 Å². The fourth-order valence-electron chi connectivity index (χ4n) is 3.54. The Bertz CT molecular complexity index is 1320. The van der Waals surface area contributed by atoms with E-state index in [2.05, 4.69) is 0 Å². The van der Waals surface area contributed by atoms with Crippen molar-refractivity contribution in [1.82, 2.24) is 0 Å². The Morgan fingerprint density at radius 3 is 2.21 bits per heavy atom. The zero-order valence-electron chi connectivity index (χ0n) is 17.7. The van der Waals surface area contributed by atoms with Crippen LogP contribution < -0.4 is 14.4 Å². The highest BCUT2D eigenvalue weighted by Crippen LogP contribution is 2.36. The first-order valence-corrected chi connectivity index (χ1v) is 11.2. The maximum Gasteiger partial charge on any atom is 0.424 e. The highest BCUT2D eigenvalue weighted by Gasteiger charge is 2.29. The summed E-state index contributed by atoms with van der Waals surface area (Å²) >= 11 is 1.54. The molecule has 6 heteroatoms. The van der Waals surface area contributed by atoms with Crippen molar-refractivity contribution in [3.05, 3.63) is 112 Å². The van der Waals surface area contributed by atoms with Crippen molar-refractivity contribution >= 4 is 40.7 Å². The number of thiophene rings is 1. The molecule has 0 spiro atoms. The standard InChI is InChI=1S/C27H19NO4S/c1-18-14-15-33-25(18)17-24-26(29)22-13-12-21(16-23(22)32-24)31-27(30)28(19-8-4-2-5-9-19)20-10-6-3-7-11-20/h2-17H,1H3/b24-17-. The fourth-order valence-corrected chi connectivity index (χ4v) is 4.39. The summed E-state index contributed by atoms with van der Waals surface area (Å²) in [5, 5.41) is 1.97. The first-order valence-electron chi connectivity index (χ1n) is 10.3. The zero-order valence-corrected chi connectivity index (χ0v) is 18.5. The van der Waals surface area contributed by atoms with Crippen LogP contribution in [0.25, 0.3) is 6.08 Å². The highest BCUT2D eigenvalue weighted by atomic mass is 32.1. The molecule has 0 saturated carbocycles. The molecule has 1 aliphatic rings. The lowest BCUT2D eigenvalue weighted by Gasteiger charge is -2.22. The number of carbonyl (C=O) groups excluding carboxylic acids is 2. The van der Waals surface area contributed by atoms with Gasteiger partial charge >= 0.3 is 6.09 Å². The minimum Gasteiger partial charge on any atom is -0.452 e. The summed E-state index contributed by atoms with van der Waals surface area (Å²) in [7, 11) is 0. The number of benzene rings is 3. The van der Waals surface area contributed by atoms with Gasteiger partial charge in [0.1, 0.15) is 11.5 Å². The molecule has 0 saturated heterocycles. The van der Waals surface area contributed by atoms with Crippen LogP contribution in [0.3, 0.4) is 0 Å². The molecule has 2 heterocycles. The van der Waals surface area contributed by atoms with Crippen LogP contribution in [0.4, 0.5) is 16.2 Å². The summed E-state index contributed by atoms with van der Waals surface area (Å²) in [5.74, 6) is 0.730. The van der Waals surface area contributed by atoms with Gasteiger partial charge in [-0.1, -0.05) is 36.4 Å². The third-order valence-corrected chi connectivity index (χ3v) is 6.19. The Morgan fingerprint density at radius 1 is 0.939 bits per heavy atom. The van der Waals surface area contributed by atoms with Crippen LogP contribution in [0.15, 0.2) is 96.1 Å². The van der Waals surface area contributed by atoms with Crippen molar-refractivity contribution < 1.29 is 19.1 Å². The number of anilines is 2. The molecular formula is C27H19NO4S. The number of fused-ring (bicyclic) bond motifs is 1. The Hall–Kier alpha value is -4.16. The molecule has 0 fully saturated rings. The topological polar surface area (TPSA) is 55.8 Å². The first kappa shape index (κ1) is 20.7. The van der Waals surface area contributed by atoms with E-state index in [1.807, 2.05) is 79.0 Å². The molecule has 5 rings (SSSR count). The van der Waals surface area contributed by atoms with Gasteiger partial charge in [-0.05, 0) is 60.3 Å². The lowest BCUT2D eigenvalue weighted by atomic mass is 10.1. The van der Waals surface area contributed by atoms with Gasteiger partial charge in [-0.2, -0.15) is 0 Å². The maximum atomic E-state index is 13.2.